The number of aliphatic hydroxyl groups is 1. The monoisotopic (exact) mass is 477 g/mol. The van der Waals surface area contributed by atoms with Gasteiger partial charge >= 0.3 is 0 Å². The van der Waals surface area contributed by atoms with E-state index in [1.807, 2.05) is 13.8 Å². The molecule has 0 aromatic heterocycles. The van der Waals surface area contributed by atoms with Gasteiger partial charge in [-0.1, -0.05) is 52.1 Å². The topological polar surface area (TPSA) is 47.5 Å². The molecule has 1 heterocycles. The minimum atomic E-state index is -0.527. The molecular formula is C25H49F2N3OS. The zero-order chi connectivity index (χ0) is 25.0. The van der Waals surface area contributed by atoms with Crippen molar-refractivity contribution in [3.8, 4) is 0 Å². The average Bonchev–Trinajstić information content (AvgIpc) is 3.00. The molecule has 0 unspecified atom stereocenters. The van der Waals surface area contributed by atoms with Crippen molar-refractivity contribution in [2.24, 2.45) is 5.92 Å². The van der Waals surface area contributed by atoms with Gasteiger partial charge in [0.25, 0.3) is 0 Å². The van der Waals surface area contributed by atoms with Crippen LogP contribution >= 0.6 is 12.2 Å². The van der Waals surface area contributed by atoms with E-state index < -0.39 is 11.7 Å². The van der Waals surface area contributed by atoms with Gasteiger partial charge in [0.15, 0.2) is 0 Å². The van der Waals surface area contributed by atoms with Crippen molar-refractivity contribution in [1.82, 2.24) is 15.5 Å². The lowest BCUT2D eigenvalue weighted by atomic mass is 9.94. The molecule has 1 fully saturated rings. The van der Waals surface area contributed by atoms with Gasteiger partial charge in [-0.2, -0.15) is 0 Å². The van der Waals surface area contributed by atoms with E-state index in [0.717, 1.165) is 18.4 Å². The highest BCUT2D eigenvalue weighted by Crippen LogP contribution is 2.18. The Morgan fingerprint density at radius 1 is 1.16 bits per heavy atom. The molecule has 7 heteroatoms. The zero-order valence-electron chi connectivity index (χ0n) is 21.3. The number of nitrogens with zero attached hydrogens (tertiary/aromatic N) is 1. The molecule has 3 N–H and O–H groups in total. The second kappa shape index (κ2) is 29.9. The fourth-order valence-corrected chi connectivity index (χ4v) is 2.61. The molecule has 1 aliphatic heterocycles. The van der Waals surface area contributed by atoms with Crippen LogP contribution in [0.2, 0.25) is 0 Å². The van der Waals surface area contributed by atoms with E-state index in [1.165, 1.54) is 69.5 Å². The van der Waals surface area contributed by atoms with Gasteiger partial charge in [0.1, 0.15) is 11.7 Å². The third-order valence-corrected chi connectivity index (χ3v) is 4.58. The van der Waals surface area contributed by atoms with Crippen LogP contribution in [0.5, 0.6) is 0 Å². The van der Waals surface area contributed by atoms with Gasteiger partial charge in [-0.25, -0.2) is 8.78 Å². The van der Waals surface area contributed by atoms with Crippen LogP contribution < -0.4 is 10.6 Å². The third-order valence-electron chi connectivity index (χ3n) is 4.35. The zero-order valence-corrected chi connectivity index (χ0v) is 22.1. The molecule has 0 amide bonds. The first-order valence-corrected chi connectivity index (χ1v) is 12.4. The summed E-state index contributed by atoms with van der Waals surface area (Å²) in [6, 6.07) is 0. The van der Waals surface area contributed by atoms with E-state index in [-0.39, 0.29) is 6.42 Å². The lowest BCUT2D eigenvalue weighted by Gasteiger charge is -2.28. The number of hydrogen-bond donors (Lipinski definition) is 3. The fourth-order valence-electron chi connectivity index (χ4n) is 2.61. The van der Waals surface area contributed by atoms with Crippen molar-refractivity contribution in [3.63, 3.8) is 0 Å². The molecule has 0 atom stereocenters. The number of thiocarbonyl (C=S) groups is 1. The predicted molar refractivity (Wildman–Crippen MR) is 142 cm³/mol. The first kappa shape index (κ1) is 35.4. The van der Waals surface area contributed by atoms with Crippen molar-refractivity contribution in [1.29, 1.82) is 0 Å². The normalized spacial score (nSPS) is 15.4. The van der Waals surface area contributed by atoms with Crippen LogP contribution in [0, 0.1) is 5.92 Å². The van der Waals surface area contributed by atoms with Gasteiger partial charge in [-0.05, 0) is 77.3 Å². The molecular weight excluding hydrogens is 428 g/mol. The quantitative estimate of drug-likeness (QED) is 0.312. The van der Waals surface area contributed by atoms with Crippen molar-refractivity contribution in [2.45, 2.75) is 66.2 Å². The van der Waals surface area contributed by atoms with E-state index in [4.69, 9.17) is 5.11 Å². The molecule has 2 aliphatic rings. The second-order valence-electron chi connectivity index (χ2n) is 7.19. The molecule has 0 spiro atoms. The summed E-state index contributed by atoms with van der Waals surface area (Å²) in [5.41, 5.74) is 1.46. The average molecular weight is 478 g/mol. The first-order chi connectivity index (χ1) is 15.4. The Bertz CT molecular complexity index is 474. The van der Waals surface area contributed by atoms with Crippen molar-refractivity contribution < 1.29 is 13.9 Å². The van der Waals surface area contributed by atoms with Crippen molar-refractivity contribution >= 4 is 17.7 Å². The van der Waals surface area contributed by atoms with E-state index in [9.17, 15) is 8.78 Å². The van der Waals surface area contributed by atoms with Crippen LogP contribution in [-0.4, -0.2) is 62.4 Å². The molecule has 0 radical (unpaired) electrons. The molecule has 1 aliphatic carbocycles. The Kier molecular flexibility index (Phi) is 33.1. The molecule has 2 rings (SSSR count). The minimum Gasteiger partial charge on any atom is -0.396 e. The number of allylic oxidation sites excluding steroid dienone is 6. The molecule has 0 bridgehead atoms. The van der Waals surface area contributed by atoms with E-state index in [0.29, 0.717) is 6.61 Å². The van der Waals surface area contributed by atoms with E-state index in [1.54, 1.807) is 13.1 Å². The molecule has 0 aromatic rings. The Morgan fingerprint density at radius 2 is 1.69 bits per heavy atom. The second-order valence-corrected chi connectivity index (χ2v) is 7.43. The molecule has 0 aromatic carbocycles. The van der Waals surface area contributed by atoms with Gasteiger partial charge in [0, 0.05) is 26.2 Å². The SMILES string of the molecule is CC.CCCNCCC.CN1CCC(CCO)CC1.CNC=S.FC1=CC=CCC(F)=C1. The van der Waals surface area contributed by atoms with E-state index in [2.05, 4.69) is 48.6 Å². The van der Waals surface area contributed by atoms with Crippen LogP contribution in [0.1, 0.15) is 66.2 Å². The van der Waals surface area contributed by atoms with Crippen LogP contribution in [0.4, 0.5) is 8.78 Å². The first-order valence-electron chi connectivity index (χ1n) is 11.9. The Morgan fingerprint density at radius 3 is 2.12 bits per heavy atom. The summed E-state index contributed by atoms with van der Waals surface area (Å²) in [5.74, 6) is -0.167. The van der Waals surface area contributed by atoms with Crippen molar-refractivity contribution in [2.75, 3.05) is 46.9 Å². The van der Waals surface area contributed by atoms with Gasteiger partial charge in [-0.15, -0.1) is 0 Å². The summed E-state index contributed by atoms with van der Waals surface area (Å²) in [7, 11) is 3.93. The Labute approximate surface area is 202 Å². The van der Waals surface area contributed by atoms with Crippen LogP contribution in [-0.2, 0) is 0 Å². The summed E-state index contributed by atoms with van der Waals surface area (Å²) in [6.45, 7) is 13.5. The Balaban J connectivity index is -0.000000356. The number of nitrogens with one attached hydrogen (secondary N) is 2. The summed E-state index contributed by atoms with van der Waals surface area (Å²) < 4.78 is 24.4. The van der Waals surface area contributed by atoms with Crippen molar-refractivity contribution in [3.05, 3.63) is 36.0 Å². The largest absolute Gasteiger partial charge is 0.396 e. The van der Waals surface area contributed by atoms with Gasteiger partial charge in [-0.3, -0.25) is 0 Å². The van der Waals surface area contributed by atoms with Gasteiger partial charge in [0.05, 0.1) is 5.49 Å². The standard InChI is InChI=1S/C8H17NO.C7H6F2.C6H15N.C2H5NS.C2H6/c1-9-5-2-8(3-6-9)4-7-10;8-6-3-1-2-4-7(9)5-6;1-3-5-7-6-4-2;1-3-2-4;1-2/h8,10H,2-7H2,1H3;1-3,5H,4H2;7H,3-6H2,1-2H3;2H,1H3,(H,3,4);1-2H3. The number of piperidine rings is 1. The summed E-state index contributed by atoms with van der Waals surface area (Å²) in [4.78, 5) is 2.36. The number of rotatable bonds is 7. The molecule has 32 heavy (non-hydrogen) atoms. The third kappa shape index (κ3) is 28.9. The van der Waals surface area contributed by atoms with E-state index >= 15 is 0 Å². The molecule has 1 saturated heterocycles. The minimum absolute atomic E-state index is 0.198. The maximum atomic E-state index is 12.2. The highest BCUT2D eigenvalue weighted by Gasteiger charge is 2.15. The Hall–Kier alpha value is -1.15. The summed E-state index contributed by atoms with van der Waals surface area (Å²) in [5, 5.41) is 14.6. The molecule has 190 valence electrons. The smallest absolute Gasteiger partial charge is 0.125 e. The van der Waals surface area contributed by atoms with Gasteiger partial charge < -0.3 is 20.6 Å². The van der Waals surface area contributed by atoms with Gasteiger partial charge in [0.2, 0.25) is 0 Å². The maximum Gasteiger partial charge on any atom is 0.125 e. The predicted octanol–water partition coefficient (Wildman–Crippen LogP) is 5.95. The number of halogens is 2. The lowest BCUT2D eigenvalue weighted by Crippen LogP contribution is -2.30. The number of likely N-dealkylation sites (tertiary alicyclic amines) is 1. The fraction of sp³-hybridized carbons (Fsp3) is 0.720. The number of hydrogen-bond acceptors (Lipinski definition) is 4. The highest BCUT2D eigenvalue weighted by atomic mass is 32.1. The van der Waals surface area contributed by atoms with Crippen LogP contribution in [0.25, 0.3) is 0 Å². The van der Waals surface area contributed by atoms with Crippen LogP contribution in [0.15, 0.2) is 36.0 Å². The van der Waals surface area contributed by atoms with Crippen LogP contribution in [0.3, 0.4) is 0 Å². The summed E-state index contributed by atoms with van der Waals surface area (Å²) in [6.07, 6.45) is 11.4. The summed E-state index contributed by atoms with van der Waals surface area (Å²) >= 11 is 4.32. The molecule has 0 saturated carbocycles. The lowest BCUT2D eigenvalue weighted by molar-refractivity contribution is 0.180. The number of aliphatic hydroxyl groups excluding tert-OH is 1. The highest BCUT2D eigenvalue weighted by molar-refractivity contribution is 7.78. The molecule has 4 nitrogen and oxygen atoms in total. The maximum absolute atomic E-state index is 12.2.